The Kier molecular flexibility index (Phi) is 5.73. The van der Waals surface area contributed by atoms with E-state index in [0.29, 0.717) is 27.1 Å². The molecular weight excluding hydrogens is 489 g/mol. The summed E-state index contributed by atoms with van der Waals surface area (Å²) in [6, 6.07) is 33.1. The Hall–Kier alpha value is -4.05. The SMILES string of the molecule is O=C1C(=Cc2ccc(-c3ccc(Cl)c(Cl)c3)o2)C=C(c2ccccc2)N1c1ccc2ccccc2c1. The average molecular weight is 508 g/mol. The van der Waals surface area contributed by atoms with Crippen LogP contribution in [0.1, 0.15) is 11.3 Å². The third-order valence-corrected chi connectivity index (χ3v) is 6.91. The Morgan fingerprint density at radius 3 is 2.28 bits per heavy atom. The molecule has 0 saturated heterocycles. The van der Waals surface area contributed by atoms with Gasteiger partial charge in [-0.15, -0.1) is 0 Å². The topological polar surface area (TPSA) is 33.5 Å². The first kappa shape index (κ1) is 22.4. The predicted molar refractivity (Wildman–Crippen MR) is 148 cm³/mol. The lowest BCUT2D eigenvalue weighted by molar-refractivity contribution is -0.113. The summed E-state index contributed by atoms with van der Waals surface area (Å²) in [5.74, 6) is 1.10. The third kappa shape index (κ3) is 4.13. The number of nitrogens with zero attached hydrogens (tertiary/aromatic N) is 1. The zero-order chi connectivity index (χ0) is 24.6. The van der Waals surface area contributed by atoms with Gasteiger partial charge in [0.25, 0.3) is 5.91 Å². The molecule has 6 rings (SSSR count). The molecule has 0 atom stereocenters. The smallest absolute Gasteiger partial charge is 0.263 e. The first-order valence-electron chi connectivity index (χ1n) is 11.4. The van der Waals surface area contributed by atoms with E-state index in [1.807, 2.05) is 84.9 Å². The van der Waals surface area contributed by atoms with Crippen molar-refractivity contribution in [1.29, 1.82) is 0 Å². The lowest BCUT2D eigenvalue weighted by Crippen LogP contribution is -2.24. The monoisotopic (exact) mass is 507 g/mol. The Balaban J connectivity index is 1.41. The summed E-state index contributed by atoms with van der Waals surface area (Å²) in [5.41, 5.74) is 3.94. The van der Waals surface area contributed by atoms with E-state index in [4.69, 9.17) is 27.6 Å². The molecule has 0 saturated carbocycles. The number of furan rings is 1. The van der Waals surface area contributed by atoms with Gasteiger partial charge in [0.1, 0.15) is 11.5 Å². The van der Waals surface area contributed by atoms with Gasteiger partial charge >= 0.3 is 0 Å². The van der Waals surface area contributed by atoms with Gasteiger partial charge in [-0.25, -0.2) is 0 Å². The van der Waals surface area contributed by atoms with E-state index < -0.39 is 0 Å². The van der Waals surface area contributed by atoms with Crippen LogP contribution in [-0.4, -0.2) is 5.91 Å². The molecule has 0 unspecified atom stereocenters. The second kappa shape index (κ2) is 9.19. The van der Waals surface area contributed by atoms with Gasteiger partial charge in [0, 0.05) is 16.8 Å². The van der Waals surface area contributed by atoms with Gasteiger partial charge in [0.05, 0.1) is 15.7 Å². The fourth-order valence-corrected chi connectivity index (χ4v) is 4.70. The summed E-state index contributed by atoms with van der Waals surface area (Å²) in [6.07, 6.45) is 3.68. The highest BCUT2D eigenvalue weighted by molar-refractivity contribution is 6.42. The van der Waals surface area contributed by atoms with Crippen LogP contribution in [0.5, 0.6) is 0 Å². The standard InChI is InChI=1S/C31H19Cl2NO2/c32-27-14-11-23(18-28(27)33)30-15-13-26(36-30)17-24-19-29(21-7-2-1-3-8-21)34(31(24)35)25-12-10-20-6-4-5-9-22(20)16-25/h1-19H. The molecule has 2 heterocycles. The van der Waals surface area contributed by atoms with Crippen LogP contribution in [0, 0.1) is 0 Å². The first-order chi connectivity index (χ1) is 17.6. The van der Waals surface area contributed by atoms with E-state index >= 15 is 0 Å². The van der Waals surface area contributed by atoms with Crippen molar-refractivity contribution in [3.05, 3.63) is 136 Å². The van der Waals surface area contributed by atoms with Crippen molar-refractivity contribution in [2.24, 2.45) is 0 Å². The van der Waals surface area contributed by atoms with E-state index in [0.717, 1.165) is 33.3 Å². The maximum atomic E-state index is 13.7. The van der Waals surface area contributed by atoms with E-state index in [1.165, 1.54) is 0 Å². The number of hydrogen-bond donors (Lipinski definition) is 0. The minimum Gasteiger partial charge on any atom is -0.457 e. The molecule has 3 nitrogen and oxygen atoms in total. The molecule has 0 radical (unpaired) electrons. The normalized spacial score (nSPS) is 14.6. The average Bonchev–Trinajstić information content (AvgIpc) is 3.51. The minimum absolute atomic E-state index is 0.114. The van der Waals surface area contributed by atoms with Crippen LogP contribution in [0.25, 0.3) is 33.9 Å². The molecular formula is C31H19Cl2NO2. The molecule has 5 heteroatoms. The number of carbonyl (C=O) groups excluding carboxylic acids is 1. The van der Waals surface area contributed by atoms with Crippen molar-refractivity contribution in [2.75, 3.05) is 4.90 Å². The highest BCUT2D eigenvalue weighted by Gasteiger charge is 2.30. The molecule has 0 bridgehead atoms. The highest BCUT2D eigenvalue weighted by atomic mass is 35.5. The Bertz CT molecular complexity index is 1680. The van der Waals surface area contributed by atoms with Crippen molar-refractivity contribution >= 4 is 57.3 Å². The Morgan fingerprint density at radius 2 is 1.47 bits per heavy atom. The molecule has 1 aromatic heterocycles. The third-order valence-electron chi connectivity index (χ3n) is 6.17. The summed E-state index contributed by atoms with van der Waals surface area (Å²) < 4.78 is 6.04. The number of carbonyl (C=O) groups is 1. The van der Waals surface area contributed by atoms with Crippen molar-refractivity contribution in [1.82, 2.24) is 0 Å². The zero-order valence-corrected chi connectivity index (χ0v) is 20.5. The summed E-state index contributed by atoms with van der Waals surface area (Å²) in [4.78, 5) is 15.5. The van der Waals surface area contributed by atoms with Gasteiger partial charge in [0.2, 0.25) is 0 Å². The fourth-order valence-electron chi connectivity index (χ4n) is 4.40. The second-order valence-corrected chi connectivity index (χ2v) is 9.31. The lowest BCUT2D eigenvalue weighted by Gasteiger charge is -2.21. The first-order valence-corrected chi connectivity index (χ1v) is 12.2. The molecule has 1 amide bonds. The number of benzene rings is 4. The van der Waals surface area contributed by atoms with Crippen LogP contribution >= 0.6 is 23.2 Å². The van der Waals surface area contributed by atoms with E-state index in [-0.39, 0.29) is 5.91 Å². The second-order valence-electron chi connectivity index (χ2n) is 8.50. The zero-order valence-electron chi connectivity index (χ0n) is 19.0. The largest absolute Gasteiger partial charge is 0.457 e. The lowest BCUT2D eigenvalue weighted by atomic mass is 10.1. The van der Waals surface area contributed by atoms with Gasteiger partial charge in [-0.3, -0.25) is 9.69 Å². The molecule has 174 valence electrons. The summed E-state index contributed by atoms with van der Waals surface area (Å²) in [5, 5.41) is 3.14. The quantitative estimate of drug-likeness (QED) is 0.227. The number of hydrogen-bond acceptors (Lipinski definition) is 2. The van der Waals surface area contributed by atoms with E-state index in [1.54, 1.807) is 23.1 Å². The van der Waals surface area contributed by atoms with Crippen molar-refractivity contribution in [2.45, 2.75) is 0 Å². The fraction of sp³-hybridized carbons (Fsp3) is 0. The number of amides is 1. The highest BCUT2D eigenvalue weighted by Crippen LogP contribution is 2.37. The van der Waals surface area contributed by atoms with Gasteiger partial charge in [-0.1, -0.05) is 83.9 Å². The molecule has 5 aromatic rings. The van der Waals surface area contributed by atoms with Gasteiger partial charge in [-0.2, -0.15) is 0 Å². The Morgan fingerprint density at radius 1 is 0.694 bits per heavy atom. The molecule has 0 aliphatic carbocycles. The van der Waals surface area contributed by atoms with Crippen molar-refractivity contribution in [3.63, 3.8) is 0 Å². The summed E-state index contributed by atoms with van der Waals surface area (Å²) >= 11 is 12.2. The summed E-state index contributed by atoms with van der Waals surface area (Å²) in [7, 11) is 0. The van der Waals surface area contributed by atoms with Crippen molar-refractivity contribution in [3.8, 4) is 11.3 Å². The number of halogens is 2. The van der Waals surface area contributed by atoms with Crippen LogP contribution in [0.2, 0.25) is 10.0 Å². The van der Waals surface area contributed by atoms with Crippen LogP contribution in [0.4, 0.5) is 5.69 Å². The molecule has 0 spiro atoms. The number of fused-ring (bicyclic) bond motifs is 1. The Labute approximate surface area is 218 Å². The molecule has 0 fully saturated rings. The van der Waals surface area contributed by atoms with Crippen molar-refractivity contribution < 1.29 is 9.21 Å². The maximum absolute atomic E-state index is 13.7. The van der Waals surface area contributed by atoms with E-state index in [9.17, 15) is 4.79 Å². The van der Waals surface area contributed by atoms with E-state index in [2.05, 4.69) is 12.1 Å². The predicted octanol–water partition coefficient (Wildman–Crippen LogP) is 8.88. The summed E-state index contributed by atoms with van der Waals surface area (Å²) in [6.45, 7) is 0. The molecule has 1 aliphatic rings. The molecule has 4 aromatic carbocycles. The van der Waals surface area contributed by atoms with Gasteiger partial charge in [0.15, 0.2) is 0 Å². The number of anilines is 1. The molecule has 36 heavy (non-hydrogen) atoms. The number of rotatable bonds is 4. The van der Waals surface area contributed by atoms with Gasteiger partial charge < -0.3 is 4.42 Å². The minimum atomic E-state index is -0.114. The van der Waals surface area contributed by atoms with Crippen LogP contribution in [0.3, 0.4) is 0 Å². The van der Waals surface area contributed by atoms with Crippen LogP contribution in [-0.2, 0) is 4.79 Å². The maximum Gasteiger partial charge on any atom is 0.263 e. The molecule has 1 aliphatic heterocycles. The molecule has 0 N–H and O–H groups in total. The van der Waals surface area contributed by atoms with Crippen LogP contribution < -0.4 is 4.90 Å². The van der Waals surface area contributed by atoms with Crippen LogP contribution in [0.15, 0.2) is 119 Å². The van der Waals surface area contributed by atoms with Gasteiger partial charge in [-0.05, 0) is 71.0 Å².